The van der Waals surface area contributed by atoms with Crippen molar-refractivity contribution in [1.29, 1.82) is 0 Å². The van der Waals surface area contributed by atoms with Crippen LogP contribution in [0.3, 0.4) is 0 Å². The van der Waals surface area contributed by atoms with E-state index in [1.165, 1.54) is 4.31 Å². The molecule has 0 unspecified atom stereocenters. The third kappa shape index (κ3) is 3.04. The van der Waals surface area contributed by atoms with Crippen molar-refractivity contribution >= 4 is 15.7 Å². The van der Waals surface area contributed by atoms with Crippen LogP contribution in [0.2, 0.25) is 0 Å². The molecule has 1 aliphatic rings. The van der Waals surface area contributed by atoms with Gasteiger partial charge < -0.3 is 5.32 Å². The molecule has 5 heteroatoms. The first-order valence-electron chi connectivity index (χ1n) is 7.07. The van der Waals surface area contributed by atoms with Gasteiger partial charge in [0.15, 0.2) is 0 Å². The predicted octanol–water partition coefficient (Wildman–Crippen LogP) is 2.63. The van der Waals surface area contributed by atoms with Gasteiger partial charge in [-0.3, -0.25) is 0 Å². The third-order valence-electron chi connectivity index (χ3n) is 3.46. The lowest BCUT2D eigenvalue weighted by atomic mass is 10.0. The molecule has 1 aromatic rings. The van der Waals surface area contributed by atoms with Crippen LogP contribution in [0, 0.1) is 0 Å². The van der Waals surface area contributed by atoms with Crippen LogP contribution in [0.5, 0.6) is 0 Å². The lowest BCUT2D eigenvalue weighted by Crippen LogP contribution is -2.32. The number of rotatable bonds is 6. The van der Waals surface area contributed by atoms with Crippen molar-refractivity contribution in [3.8, 4) is 0 Å². The second-order valence-corrected chi connectivity index (χ2v) is 6.94. The SMILES string of the molecule is C=CCN(CCC)S(=O)(=O)c1ccc2c(c1)CCCN2. The maximum Gasteiger partial charge on any atom is 0.243 e. The summed E-state index contributed by atoms with van der Waals surface area (Å²) in [7, 11) is -3.42. The van der Waals surface area contributed by atoms with Crippen LogP contribution < -0.4 is 5.32 Å². The number of sulfonamides is 1. The van der Waals surface area contributed by atoms with E-state index < -0.39 is 10.0 Å². The molecule has 0 aliphatic carbocycles. The van der Waals surface area contributed by atoms with Crippen LogP contribution in [-0.4, -0.2) is 32.4 Å². The molecule has 0 saturated heterocycles. The monoisotopic (exact) mass is 294 g/mol. The molecule has 0 fully saturated rings. The van der Waals surface area contributed by atoms with Gasteiger partial charge in [0.1, 0.15) is 0 Å². The standard InChI is InChI=1S/C15H22N2O2S/c1-3-10-17(11-4-2)20(18,19)14-7-8-15-13(12-14)6-5-9-16-15/h3,7-8,12,16H,1,4-6,9-11H2,2H3. The molecule has 0 saturated carbocycles. The Balaban J connectivity index is 2.35. The van der Waals surface area contributed by atoms with Crippen molar-refractivity contribution in [3.63, 3.8) is 0 Å². The molecule has 0 aromatic heterocycles. The van der Waals surface area contributed by atoms with Gasteiger partial charge in [0.05, 0.1) is 4.90 Å². The average Bonchev–Trinajstić information content (AvgIpc) is 2.46. The summed E-state index contributed by atoms with van der Waals surface area (Å²) in [5.41, 5.74) is 2.15. The molecule has 1 aliphatic heterocycles. The zero-order chi connectivity index (χ0) is 14.6. The molecule has 1 heterocycles. The van der Waals surface area contributed by atoms with Gasteiger partial charge in [0.2, 0.25) is 10.0 Å². The van der Waals surface area contributed by atoms with Crippen LogP contribution in [0.4, 0.5) is 5.69 Å². The fraction of sp³-hybridized carbons (Fsp3) is 0.467. The van der Waals surface area contributed by atoms with E-state index in [2.05, 4.69) is 11.9 Å². The van der Waals surface area contributed by atoms with Crippen LogP contribution in [-0.2, 0) is 16.4 Å². The molecule has 2 rings (SSSR count). The van der Waals surface area contributed by atoms with Crippen LogP contribution in [0.15, 0.2) is 35.7 Å². The van der Waals surface area contributed by atoms with E-state index in [0.717, 1.165) is 37.1 Å². The molecule has 1 aromatic carbocycles. The Morgan fingerprint density at radius 3 is 2.95 bits per heavy atom. The van der Waals surface area contributed by atoms with Gasteiger partial charge >= 0.3 is 0 Å². The molecule has 0 radical (unpaired) electrons. The maximum absolute atomic E-state index is 12.7. The summed E-state index contributed by atoms with van der Waals surface area (Å²) in [5, 5.41) is 3.30. The van der Waals surface area contributed by atoms with E-state index in [0.29, 0.717) is 18.0 Å². The van der Waals surface area contributed by atoms with Crippen molar-refractivity contribution in [2.24, 2.45) is 0 Å². The van der Waals surface area contributed by atoms with E-state index in [-0.39, 0.29) is 0 Å². The molecule has 0 amide bonds. The fourth-order valence-electron chi connectivity index (χ4n) is 2.46. The number of nitrogens with zero attached hydrogens (tertiary/aromatic N) is 1. The van der Waals surface area contributed by atoms with E-state index in [1.54, 1.807) is 12.1 Å². The lowest BCUT2D eigenvalue weighted by Gasteiger charge is -2.22. The van der Waals surface area contributed by atoms with Gasteiger partial charge in [-0.1, -0.05) is 13.0 Å². The maximum atomic E-state index is 12.7. The van der Waals surface area contributed by atoms with Gasteiger partial charge in [-0.05, 0) is 43.0 Å². The third-order valence-corrected chi connectivity index (χ3v) is 5.32. The minimum atomic E-state index is -3.42. The number of fused-ring (bicyclic) bond motifs is 1. The number of hydrogen-bond acceptors (Lipinski definition) is 3. The summed E-state index contributed by atoms with van der Waals surface area (Å²) in [5.74, 6) is 0. The Morgan fingerprint density at radius 1 is 1.45 bits per heavy atom. The summed E-state index contributed by atoms with van der Waals surface area (Å²) in [6.45, 7) is 7.44. The lowest BCUT2D eigenvalue weighted by molar-refractivity contribution is 0.441. The molecule has 20 heavy (non-hydrogen) atoms. The second kappa shape index (κ2) is 6.41. The Labute approximate surface area is 121 Å². The number of anilines is 1. The summed E-state index contributed by atoms with van der Waals surface area (Å²) in [6.07, 6.45) is 4.40. The molecular formula is C15H22N2O2S. The van der Waals surface area contributed by atoms with Gasteiger partial charge in [-0.15, -0.1) is 6.58 Å². The van der Waals surface area contributed by atoms with Crippen LogP contribution in [0.25, 0.3) is 0 Å². The highest BCUT2D eigenvalue weighted by atomic mass is 32.2. The van der Waals surface area contributed by atoms with E-state index >= 15 is 0 Å². The first-order chi connectivity index (χ1) is 9.59. The summed E-state index contributed by atoms with van der Waals surface area (Å²) in [6, 6.07) is 5.38. The highest BCUT2D eigenvalue weighted by Gasteiger charge is 2.24. The van der Waals surface area contributed by atoms with Gasteiger partial charge in [-0.25, -0.2) is 8.42 Å². The molecule has 4 nitrogen and oxygen atoms in total. The van der Waals surface area contributed by atoms with Crippen LogP contribution in [0.1, 0.15) is 25.3 Å². The Kier molecular flexibility index (Phi) is 4.83. The van der Waals surface area contributed by atoms with Crippen molar-refractivity contribution in [1.82, 2.24) is 4.31 Å². The Hall–Kier alpha value is -1.33. The summed E-state index contributed by atoms with van der Waals surface area (Å²) < 4.78 is 26.8. The number of aryl methyl sites for hydroxylation is 1. The fourth-order valence-corrected chi connectivity index (χ4v) is 4.02. The zero-order valence-corrected chi connectivity index (χ0v) is 12.7. The molecule has 0 spiro atoms. The Bertz CT molecular complexity index is 582. The molecule has 0 bridgehead atoms. The first-order valence-corrected chi connectivity index (χ1v) is 8.51. The average molecular weight is 294 g/mol. The first kappa shape index (κ1) is 15.1. The van der Waals surface area contributed by atoms with Gasteiger partial charge in [0, 0.05) is 25.3 Å². The van der Waals surface area contributed by atoms with Crippen LogP contribution >= 0.6 is 0 Å². The quantitative estimate of drug-likeness (QED) is 0.821. The summed E-state index contributed by atoms with van der Waals surface area (Å²) >= 11 is 0. The van der Waals surface area contributed by atoms with Crippen molar-refractivity contribution < 1.29 is 8.42 Å². The number of hydrogen-bond donors (Lipinski definition) is 1. The topological polar surface area (TPSA) is 49.4 Å². The van der Waals surface area contributed by atoms with E-state index in [4.69, 9.17) is 0 Å². The molecule has 0 atom stereocenters. The normalized spacial score (nSPS) is 14.7. The predicted molar refractivity (Wildman–Crippen MR) is 82.5 cm³/mol. The van der Waals surface area contributed by atoms with Crippen molar-refractivity contribution in [2.75, 3.05) is 25.0 Å². The molecule has 110 valence electrons. The molecular weight excluding hydrogens is 272 g/mol. The zero-order valence-electron chi connectivity index (χ0n) is 11.9. The van der Waals surface area contributed by atoms with Gasteiger partial charge in [0.25, 0.3) is 0 Å². The van der Waals surface area contributed by atoms with Gasteiger partial charge in [-0.2, -0.15) is 4.31 Å². The number of nitrogens with one attached hydrogen (secondary N) is 1. The van der Waals surface area contributed by atoms with E-state index in [1.807, 2.05) is 19.1 Å². The minimum absolute atomic E-state index is 0.353. The Morgan fingerprint density at radius 2 is 2.25 bits per heavy atom. The number of benzene rings is 1. The summed E-state index contributed by atoms with van der Waals surface area (Å²) in [4.78, 5) is 0.384. The smallest absolute Gasteiger partial charge is 0.243 e. The van der Waals surface area contributed by atoms with E-state index in [9.17, 15) is 8.42 Å². The highest BCUT2D eigenvalue weighted by Crippen LogP contribution is 2.26. The molecule has 1 N–H and O–H groups in total. The highest BCUT2D eigenvalue weighted by molar-refractivity contribution is 7.89. The largest absolute Gasteiger partial charge is 0.385 e. The van der Waals surface area contributed by atoms with Crippen molar-refractivity contribution in [3.05, 3.63) is 36.4 Å². The second-order valence-electron chi connectivity index (χ2n) is 5.00. The van der Waals surface area contributed by atoms with Crippen molar-refractivity contribution in [2.45, 2.75) is 31.1 Å². The minimum Gasteiger partial charge on any atom is -0.385 e.